The fourth-order valence-corrected chi connectivity index (χ4v) is 8.83. The second-order valence-electron chi connectivity index (χ2n) is 10.0. The van der Waals surface area contributed by atoms with Gasteiger partial charge in [-0.05, 0) is 36.2 Å². The minimum atomic E-state index is -3.93. The molecule has 1 amide bonds. The van der Waals surface area contributed by atoms with E-state index in [4.69, 9.17) is 9.47 Å². The highest BCUT2D eigenvalue weighted by molar-refractivity contribution is 7.91. The number of amides is 1. The average Bonchev–Trinajstić information content (AvgIpc) is 3.62. The fraction of sp³-hybridized carbons (Fsp3) is 0.379. The molecule has 2 aliphatic rings. The van der Waals surface area contributed by atoms with Crippen molar-refractivity contribution < 1.29 is 27.5 Å². The number of sulfonamides is 1. The molecule has 0 saturated carbocycles. The number of aryl methyl sites for hydroxylation is 1. The number of ether oxygens (including phenoxy) is 2. The summed E-state index contributed by atoms with van der Waals surface area (Å²) in [4.78, 5) is 30.3. The number of benzene rings is 2. The Morgan fingerprint density at radius 2 is 1.60 bits per heavy atom. The molecule has 0 spiro atoms. The molecule has 2 atom stereocenters. The summed E-state index contributed by atoms with van der Waals surface area (Å²) in [7, 11) is -1.01. The highest BCUT2D eigenvalue weighted by Gasteiger charge is 2.46. The average molecular weight is 584 g/mol. The van der Waals surface area contributed by atoms with Crippen molar-refractivity contribution >= 4 is 38.9 Å². The third-order valence-corrected chi connectivity index (χ3v) is 11.3. The molecular formula is C29H33N3O6S2. The van der Waals surface area contributed by atoms with Crippen LogP contribution in [-0.4, -0.2) is 83.0 Å². The Morgan fingerprint density at radius 3 is 2.27 bits per heavy atom. The van der Waals surface area contributed by atoms with Gasteiger partial charge in [0.2, 0.25) is 5.91 Å². The minimum absolute atomic E-state index is 0.0376. The number of piperazine rings is 1. The van der Waals surface area contributed by atoms with Gasteiger partial charge in [0.25, 0.3) is 10.0 Å². The third kappa shape index (κ3) is 5.33. The number of rotatable bonds is 7. The van der Waals surface area contributed by atoms with Crippen LogP contribution in [0.3, 0.4) is 0 Å². The van der Waals surface area contributed by atoms with E-state index in [-0.39, 0.29) is 34.0 Å². The van der Waals surface area contributed by atoms with Crippen molar-refractivity contribution in [2.45, 2.75) is 17.1 Å². The Kier molecular flexibility index (Phi) is 8.16. The van der Waals surface area contributed by atoms with Crippen LogP contribution >= 0.6 is 11.3 Å². The summed E-state index contributed by atoms with van der Waals surface area (Å²) in [6.07, 6.45) is 0. The van der Waals surface area contributed by atoms with E-state index in [1.165, 1.54) is 17.5 Å². The van der Waals surface area contributed by atoms with Crippen LogP contribution in [0.2, 0.25) is 0 Å². The molecule has 2 saturated heterocycles. The van der Waals surface area contributed by atoms with E-state index in [1.54, 1.807) is 14.0 Å². The first-order valence-corrected chi connectivity index (χ1v) is 15.4. The van der Waals surface area contributed by atoms with Gasteiger partial charge < -0.3 is 19.3 Å². The first-order chi connectivity index (χ1) is 19.2. The Bertz CT molecular complexity index is 1480. The number of nitrogens with zero attached hydrogens (tertiary/aromatic N) is 3. The van der Waals surface area contributed by atoms with Crippen molar-refractivity contribution in [1.29, 1.82) is 0 Å². The minimum Gasteiger partial charge on any atom is -0.495 e. The van der Waals surface area contributed by atoms with Gasteiger partial charge in [-0.1, -0.05) is 42.5 Å². The largest absolute Gasteiger partial charge is 0.495 e. The molecule has 1 aromatic heterocycles. The summed E-state index contributed by atoms with van der Waals surface area (Å²) < 4.78 is 39.4. The second-order valence-corrected chi connectivity index (χ2v) is 13.2. The monoisotopic (exact) mass is 583 g/mol. The van der Waals surface area contributed by atoms with Gasteiger partial charge in [0.1, 0.15) is 14.8 Å². The lowest BCUT2D eigenvalue weighted by Gasteiger charge is -2.38. The predicted molar refractivity (Wildman–Crippen MR) is 154 cm³/mol. The summed E-state index contributed by atoms with van der Waals surface area (Å²) in [6.45, 7) is 4.32. The Hall–Kier alpha value is -3.41. The van der Waals surface area contributed by atoms with Crippen molar-refractivity contribution in [2.24, 2.45) is 5.92 Å². The van der Waals surface area contributed by atoms with Crippen molar-refractivity contribution in [3.8, 4) is 5.75 Å². The lowest BCUT2D eigenvalue weighted by molar-refractivity contribution is -0.135. The summed E-state index contributed by atoms with van der Waals surface area (Å²) in [5.41, 5.74) is 2.42. The van der Waals surface area contributed by atoms with Gasteiger partial charge in [0, 0.05) is 45.2 Å². The molecule has 9 nitrogen and oxygen atoms in total. The fourth-order valence-electron chi connectivity index (χ4n) is 5.59. The van der Waals surface area contributed by atoms with Gasteiger partial charge in [-0.3, -0.25) is 4.79 Å². The molecule has 3 aromatic rings. The zero-order chi connectivity index (χ0) is 28.4. The molecule has 2 fully saturated rings. The number of para-hydroxylation sites is 2. The van der Waals surface area contributed by atoms with E-state index in [0.29, 0.717) is 31.7 Å². The lowest BCUT2D eigenvalue weighted by Crippen LogP contribution is -2.51. The molecule has 2 aromatic carbocycles. The number of esters is 1. The summed E-state index contributed by atoms with van der Waals surface area (Å²) in [6, 6.07) is 19.0. The maximum Gasteiger partial charge on any atom is 0.348 e. The van der Waals surface area contributed by atoms with Gasteiger partial charge in [-0.2, -0.15) is 4.31 Å². The van der Waals surface area contributed by atoms with Gasteiger partial charge in [0.05, 0.1) is 25.8 Å². The molecule has 0 aliphatic carbocycles. The summed E-state index contributed by atoms with van der Waals surface area (Å²) in [5.74, 6) is -0.614. The SMILES string of the molecule is COC(=O)c1cc(C)c(S(=O)(=O)N2CC(C(=O)N3CCN(c4ccccc4OC)CC3)C(c3ccccc3)C2)s1. The molecule has 212 valence electrons. The number of thiophene rings is 1. The topological polar surface area (TPSA) is 96.5 Å². The first kappa shape index (κ1) is 28.1. The van der Waals surface area contributed by atoms with Crippen LogP contribution in [0.4, 0.5) is 5.69 Å². The maximum absolute atomic E-state index is 14.0. The van der Waals surface area contributed by atoms with Crippen molar-refractivity contribution in [1.82, 2.24) is 9.21 Å². The zero-order valence-electron chi connectivity index (χ0n) is 22.8. The van der Waals surface area contributed by atoms with Gasteiger partial charge in [0.15, 0.2) is 0 Å². The van der Waals surface area contributed by atoms with E-state index in [9.17, 15) is 18.0 Å². The van der Waals surface area contributed by atoms with Crippen LogP contribution in [0.5, 0.6) is 5.75 Å². The van der Waals surface area contributed by atoms with Gasteiger partial charge in [-0.25, -0.2) is 13.2 Å². The predicted octanol–water partition coefficient (Wildman–Crippen LogP) is 3.60. The number of methoxy groups -OCH3 is 2. The number of hydrogen-bond donors (Lipinski definition) is 0. The molecule has 0 radical (unpaired) electrons. The van der Waals surface area contributed by atoms with E-state index >= 15 is 0 Å². The second kappa shape index (κ2) is 11.6. The van der Waals surface area contributed by atoms with Crippen molar-refractivity contribution in [3.63, 3.8) is 0 Å². The number of hydrogen-bond acceptors (Lipinski definition) is 8. The third-order valence-electron chi connectivity index (χ3n) is 7.68. The van der Waals surface area contributed by atoms with E-state index in [2.05, 4.69) is 4.90 Å². The smallest absolute Gasteiger partial charge is 0.348 e. The number of anilines is 1. The Balaban J connectivity index is 1.37. The quantitative estimate of drug-likeness (QED) is 0.392. The van der Waals surface area contributed by atoms with Crippen LogP contribution in [0.15, 0.2) is 64.9 Å². The molecule has 40 heavy (non-hydrogen) atoms. The van der Waals surface area contributed by atoms with Crippen LogP contribution in [0.25, 0.3) is 0 Å². The number of carbonyl (C=O) groups is 2. The first-order valence-electron chi connectivity index (χ1n) is 13.1. The van der Waals surface area contributed by atoms with Gasteiger partial charge >= 0.3 is 5.97 Å². The van der Waals surface area contributed by atoms with E-state index in [1.807, 2.05) is 59.5 Å². The Morgan fingerprint density at radius 1 is 0.925 bits per heavy atom. The highest BCUT2D eigenvalue weighted by Crippen LogP contribution is 2.39. The van der Waals surface area contributed by atoms with E-state index in [0.717, 1.165) is 28.3 Å². The maximum atomic E-state index is 14.0. The van der Waals surface area contributed by atoms with Crippen LogP contribution in [0.1, 0.15) is 26.7 Å². The van der Waals surface area contributed by atoms with Gasteiger partial charge in [-0.15, -0.1) is 11.3 Å². The number of carbonyl (C=O) groups excluding carboxylic acids is 2. The molecule has 2 unspecified atom stereocenters. The molecule has 0 N–H and O–H groups in total. The van der Waals surface area contributed by atoms with Crippen LogP contribution < -0.4 is 9.64 Å². The molecule has 11 heteroatoms. The molecule has 2 aliphatic heterocycles. The molecule has 3 heterocycles. The summed E-state index contributed by atoms with van der Waals surface area (Å²) in [5, 5.41) is 0. The highest BCUT2D eigenvalue weighted by atomic mass is 32.2. The Labute approximate surface area is 239 Å². The zero-order valence-corrected chi connectivity index (χ0v) is 24.4. The standard InChI is InChI=1S/C29H33N3O6S2/c1-20-17-26(28(34)38-3)39-29(20)40(35,36)32-18-22(21-9-5-4-6-10-21)23(19-32)27(33)31-15-13-30(14-16-31)24-11-7-8-12-25(24)37-2/h4-12,17,22-23H,13-16,18-19H2,1-3H3. The van der Waals surface area contributed by atoms with Crippen LogP contribution in [-0.2, 0) is 19.6 Å². The molecule has 5 rings (SSSR count). The van der Waals surface area contributed by atoms with Crippen molar-refractivity contribution in [3.05, 3.63) is 76.7 Å². The molecule has 0 bridgehead atoms. The van der Waals surface area contributed by atoms with E-state index < -0.39 is 21.9 Å². The molecular weight excluding hydrogens is 550 g/mol. The normalized spacial score (nSPS) is 20.0. The van der Waals surface area contributed by atoms with Crippen molar-refractivity contribution in [2.75, 3.05) is 58.4 Å². The summed E-state index contributed by atoms with van der Waals surface area (Å²) >= 11 is 0.907. The lowest BCUT2D eigenvalue weighted by atomic mass is 9.88. The van der Waals surface area contributed by atoms with Crippen LogP contribution in [0, 0.1) is 12.8 Å².